The molecular weight excluding hydrogens is 300 g/mol. The van der Waals surface area contributed by atoms with Crippen molar-refractivity contribution in [3.05, 3.63) is 34.1 Å². The number of aliphatic hydroxyl groups excluding tert-OH is 1. The molecule has 2 rings (SSSR count). The highest BCUT2D eigenvalue weighted by molar-refractivity contribution is 9.10. The van der Waals surface area contributed by atoms with E-state index in [0.717, 1.165) is 10.0 Å². The summed E-state index contributed by atoms with van der Waals surface area (Å²) in [5, 5.41) is 21.2. The lowest BCUT2D eigenvalue weighted by Gasteiger charge is -2.12. The molecule has 1 aromatic heterocycles. The third kappa shape index (κ3) is 3.05. The molecule has 0 aliphatic heterocycles. The van der Waals surface area contributed by atoms with Gasteiger partial charge in [-0.05, 0) is 24.3 Å². The summed E-state index contributed by atoms with van der Waals surface area (Å²) in [5.74, 6) is 1.10. The Labute approximate surface area is 113 Å². The molecule has 1 N–H and O–H groups in total. The lowest BCUT2D eigenvalue weighted by atomic mass is 10.1. The van der Waals surface area contributed by atoms with Crippen molar-refractivity contribution in [1.29, 1.82) is 0 Å². The summed E-state index contributed by atoms with van der Waals surface area (Å²) in [5.41, 5.74) is 0.724. The summed E-state index contributed by atoms with van der Waals surface area (Å²) in [6, 6.07) is 5.47. The lowest BCUT2D eigenvalue weighted by molar-refractivity contribution is 0.189. The van der Waals surface area contributed by atoms with Crippen LogP contribution in [0, 0.1) is 0 Å². The van der Waals surface area contributed by atoms with E-state index >= 15 is 0 Å². The number of aliphatic hydroxyl groups is 1. The summed E-state index contributed by atoms with van der Waals surface area (Å²) in [4.78, 5) is 1.37. The van der Waals surface area contributed by atoms with Crippen molar-refractivity contribution in [3.63, 3.8) is 0 Å². The first-order valence-electron chi connectivity index (χ1n) is 5.39. The van der Waals surface area contributed by atoms with Gasteiger partial charge in [0.15, 0.2) is 6.61 Å². The van der Waals surface area contributed by atoms with Gasteiger partial charge in [-0.25, -0.2) is 0 Å². The predicted octanol–water partition coefficient (Wildman–Crippen LogP) is 1.60. The molecule has 1 atom stereocenters. The maximum atomic E-state index is 9.65. The van der Waals surface area contributed by atoms with E-state index in [9.17, 15) is 5.11 Å². The quantitative estimate of drug-likeness (QED) is 0.928. The standard InChI is InChI=1S/C11H13BrN4O2/c1-7(17)9-4-3-8(12)5-10(9)18-6-11-13-15-16(2)14-11/h3-5,7,17H,6H2,1-2H3. The zero-order chi connectivity index (χ0) is 13.1. The SMILES string of the molecule is CC(O)c1ccc(Br)cc1OCc1nnn(C)n1. The number of benzene rings is 1. The molecule has 1 unspecified atom stereocenters. The number of nitrogens with zero attached hydrogens (tertiary/aromatic N) is 4. The minimum atomic E-state index is -0.595. The number of halogens is 1. The molecule has 0 fully saturated rings. The van der Waals surface area contributed by atoms with E-state index in [2.05, 4.69) is 31.3 Å². The molecule has 1 aromatic carbocycles. The predicted molar refractivity (Wildman–Crippen MR) is 67.9 cm³/mol. The second-order valence-corrected chi connectivity index (χ2v) is 4.76. The van der Waals surface area contributed by atoms with Crippen LogP contribution in [0.2, 0.25) is 0 Å². The molecule has 0 radical (unpaired) electrons. The zero-order valence-electron chi connectivity index (χ0n) is 10.0. The Morgan fingerprint density at radius 1 is 1.50 bits per heavy atom. The van der Waals surface area contributed by atoms with Crippen molar-refractivity contribution in [2.75, 3.05) is 0 Å². The summed E-state index contributed by atoms with van der Waals surface area (Å²) < 4.78 is 6.49. The van der Waals surface area contributed by atoms with Gasteiger partial charge in [0.25, 0.3) is 0 Å². The number of ether oxygens (including phenoxy) is 1. The number of rotatable bonds is 4. The molecule has 18 heavy (non-hydrogen) atoms. The molecular formula is C11H13BrN4O2. The van der Waals surface area contributed by atoms with Crippen molar-refractivity contribution in [2.45, 2.75) is 19.6 Å². The third-order valence-electron chi connectivity index (χ3n) is 2.33. The van der Waals surface area contributed by atoms with Gasteiger partial charge in [0, 0.05) is 10.0 Å². The largest absolute Gasteiger partial charge is 0.485 e. The van der Waals surface area contributed by atoms with E-state index < -0.39 is 6.10 Å². The molecule has 0 spiro atoms. The maximum absolute atomic E-state index is 9.65. The smallest absolute Gasteiger partial charge is 0.212 e. The summed E-state index contributed by atoms with van der Waals surface area (Å²) in [7, 11) is 1.69. The molecule has 1 heterocycles. The van der Waals surface area contributed by atoms with Gasteiger partial charge in [-0.3, -0.25) is 0 Å². The molecule has 2 aromatic rings. The number of tetrazole rings is 1. The second-order valence-electron chi connectivity index (χ2n) is 3.84. The fourth-order valence-corrected chi connectivity index (χ4v) is 1.84. The number of hydrogen-bond acceptors (Lipinski definition) is 5. The van der Waals surface area contributed by atoms with Crippen LogP contribution in [0.25, 0.3) is 0 Å². The molecule has 6 nitrogen and oxygen atoms in total. The van der Waals surface area contributed by atoms with Crippen LogP contribution < -0.4 is 4.74 Å². The average molecular weight is 313 g/mol. The molecule has 96 valence electrons. The van der Waals surface area contributed by atoms with Crippen LogP contribution in [0.1, 0.15) is 24.4 Å². The van der Waals surface area contributed by atoms with E-state index in [-0.39, 0.29) is 6.61 Å². The Bertz CT molecular complexity index is 542. The number of hydrogen-bond donors (Lipinski definition) is 1. The monoisotopic (exact) mass is 312 g/mol. The summed E-state index contributed by atoms with van der Waals surface area (Å²) in [6.45, 7) is 1.90. The van der Waals surface area contributed by atoms with Crippen molar-refractivity contribution < 1.29 is 9.84 Å². The van der Waals surface area contributed by atoms with Gasteiger partial charge < -0.3 is 9.84 Å². The van der Waals surface area contributed by atoms with Gasteiger partial charge in [-0.15, -0.1) is 10.2 Å². The van der Waals surface area contributed by atoms with E-state index in [1.165, 1.54) is 4.80 Å². The highest BCUT2D eigenvalue weighted by Gasteiger charge is 2.11. The minimum absolute atomic E-state index is 0.212. The van der Waals surface area contributed by atoms with Crippen molar-refractivity contribution in [2.24, 2.45) is 7.05 Å². The first-order valence-corrected chi connectivity index (χ1v) is 6.19. The van der Waals surface area contributed by atoms with E-state index in [1.54, 1.807) is 20.0 Å². The Kier molecular flexibility index (Phi) is 3.93. The first-order chi connectivity index (χ1) is 8.56. The summed E-state index contributed by atoms with van der Waals surface area (Å²) in [6.07, 6.45) is -0.595. The van der Waals surface area contributed by atoms with Gasteiger partial charge in [-0.1, -0.05) is 22.0 Å². The molecule has 0 aliphatic rings. The van der Waals surface area contributed by atoms with Gasteiger partial charge in [0.05, 0.1) is 13.2 Å². The number of aromatic nitrogens is 4. The number of aryl methyl sites for hydroxylation is 1. The van der Waals surface area contributed by atoms with Crippen LogP contribution in [0.5, 0.6) is 5.75 Å². The van der Waals surface area contributed by atoms with Crippen LogP contribution in [0.4, 0.5) is 0 Å². The normalized spacial score (nSPS) is 12.4. The fraction of sp³-hybridized carbons (Fsp3) is 0.364. The Morgan fingerprint density at radius 3 is 2.89 bits per heavy atom. The van der Waals surface area contributed by atoms with Crippen LogP contribution in [-0.2, 0) is 13.7 Å². The van der Waals surface area contributed by atoms with E-state index in [1.807, 2.05) is 12.1 Å². The highest BCUT2D eigenvalue weighted by atomic mass is 79.9. The van der Waals surface area contributed by atoms with Gasteiger partial charge in [-0.2, -0.15) is 4.80 Å². The molecule has 0 amide bonds. The molecule has 0 aliphatic carbocycles. The maximum Gasteiger partial charge on any atom is 0.212 e. The van der Waals surface area contributed by atoms with Crippen LogP contribution in [-0.4, -0.2) is 25.3 Å². The first kappa shape index (κ1) is 13.0. The molecule has 0 saturated heterocycles. The topological polar surface area (TPSA) is 73.1 Å². The van der Waals surface area contributed by atoms with Gasteiger partial charge >= 0.3 is 0 Å². The van der Waals surface area contributed by atoms with Gasteiger partial charge in [0.1, 0.15) is 5.75 Å². The minimum Gasteiger partial charge on any atom is -0.485 e. The highest BCUT2D eigenvalue weighted by Crippen LogP contribution is 2.28. The van der Waals surface area contributed by atoms with Crippen LogP contribution in [0.3, 0.4) is 0 Å². The van der Waals surface area contributed by atoms with E-state index in [0.29, 0.717) is 11.6 Å². The second kappa shape index (κ2) is 5.45. The third-order valence-corrected chi connectivity index (χ3v) is 2.83. The summed E-state index contributed by atoms with van der Waals surface area (Å²) >= 11 is 3.37. The lowest BCUT2D eigenvalue weighted by Crippen LogP contribution is -2.03. The molecule has 0 bridgehead atoms. The Hall–Kier alpha value is -1.47. The van der Waals surface area contributed by atoms with Gasteiger partial charge in [0.2, 0.25) is 5.82 Å². The zero-order valence-corrected chi connectivity index (χ0v) is 11.6. The molecule has 7 heteroatoms. The van der Waals surface area contributed by atoms with Crippen LogP contribution >= 0.6 is 15.9 Å². The molecule has 0 saturated carbocycles. The van der Waals surface area contributed by atoms with Crippen molar-refractivity contribution in [3.8, 4) is 5.75 Å². The van der Waals surface area contributed by atoms with Crippen LogP contribution in [0.15, 0.2) is 22.7 Å². The Balaban J connectivity index is 2.15. The average Bonchev–Trinajstić information content (AvgIpc) is 2.72. The fourth-order valence-electron chi connectivity index (χ4n) is 1.50. The van der Waals surface area contributed by atoms with E-state index in [4.69, 9.17) is 4.74 Å². The van der Waals surface area contributed by atoms with Crippen molar-refractivity contribution in [1.82, 2.24) is 20.2 Å². The van der Waals surface area contributed by atoms with Crippen molar-refractivity contribution >= 4 is 15.9 Å². The Morgan fingerprint density at radius 2 is 2.28 bits per heavy atom.